The molecule has 0 aliphatic carbocycles. The molecule has 3 heterocycles. The van der Waals surface area contributed by atoms with Gasteiger partial charge in [-0.15, -0.1) is 0 Å². The van der Waals surface area contributed by atoms with Gasteiger partial charge in [0, 0.05) is 31.7 Å². The molecule has 8 heteroatoms. The van der Waals surface area contributed by atoms with Crippen LogP contribution in [0.2, 0.25) is 0 Å². The van der Waals surface area contributed by atoms with Crippen LogP contribution in [0.15, 0.2) is 47.7 Å². The van der Waals surface area contributed by atoms with Gasteiger partial charge in [-0.25, -0.2) is 4.79 Å². The minimum atomic E-state index is -0.564. The normalized spacial score (nSPS) is 21.8. The predicted octanol–water partition coefficient (Wildman–Crippen LogP) is 1.63. The molecule has 0 saturated carbocycles. The lowest BCUT2D eigenvalue weighted by Crippen LogP contribution is -2.44. The van der Waals surface area contributed by atoms with Gasteiger partial charge in [-0.2, -0.15) is 0 Å². The standard InChI is InChI=1S/C23H26N4O4/c1-30-18-7-6-15-4-2-3-5-16(15)19(18)21-20-17(24-23(29)25-21)14-27(22(20)28)9-8-26-10-12-31-13-11-26/h2-7,21H,8-14H2,1H3,(H2,24,25,29)/t21-/m1/s1. The molecule has 2 N–H and O–H groups in total. The maximum atomic E-state index is 13.4. The Bertz CT molecular complexity index is 1060. The Morgan fingerprint density at radius 2 is 1.90 bits per heavy atom. The number of ether oxygens (including phenoxy) is 2. The van der Waals surface area contributed by atoms with Gasteiger partial charge in [0.2, 0.25) is 0 Å². The van der Waals surface area contributed by atoms with Crippen LogP contribution in [0.1, 0.15) is 11.6 Å². The zero-order chi connectivity index (χ0) is 21.4. The van der Waals surface area contributed by atoms with Gasteiger partial charge in [0.1, 0.15) is 5.75 Å². The Hall–Kier alpha value is -3.10. The Morgan fingerprint density at radius 1 is 1.10 bits per heavy atom. The minimum Gasteiger partial charge on any atom is -0.496 e. The van der Waals surface area contributed by atoms with E-state index in [0.29, 0.717) is 30.1 Å². The van der Waals surface area contributed by atoms with Crippen LogP contribution < -0.4 is 15.4 Å². The van der Waals surface area contributed by atoms with E-state index in [1.165, 1.54) is 0 Å². The van der Waals surface area contributed by atoms with Crippen molar-refractivity contribution in [2.45, 2.75) is 6.04 Å². The van der Waals surface area contributed by atoms with Gasteiger partial charge >= 0.3 is 6.03 Å². The average molecular weight is 422 g/mol. The Kier molecular flexibility index (Phi) is 5.25. The minimum absolute atomic E-state index is 0.0456. The second-order valence-corrected chi connectivity index (χ2v) is 8.01. The summed E-state index contributed by atoms with van der Waals surface area (Å²) in [6, 6.07) is 10.9. The number of carbonyl (C=O) groups excluding carboxylic acids is 2. The predicted molar refractivity (Wildman–Crippen MR) is 116 cm³/mol. The van der Waals surface area contributed by atoms with Gasteiger partial charge in [-0.3, -0.25) is 9.69 Å². The van der Waals surface area contributed by atoms with Crippen molar-refractivity contribution in [2.75, 3.05) is 53.0 Å². The highest BCUT2D eigenvalue weighted by Gasteiger charge is 2.41. The Morgan fingerprint density at radius 3 is 2.71 bits per heavy atom. The summed E-state index contributed by atoms with van der Waals surface area (Å²) in [7, 11) is 1.61. The topological polar surface area (TPSA) is 83.1 Å². The average Bonchev–Trinajstić information content (AvgIpc) is 3.12. The van der Waals surface area contributed by atoms with Crippen LogP contribution in [0.4, 0.5) is 4.79 Å². The number of rotatable bonds is 5. The van der Waals surface area contributed by atoms with Crippen LogP contribution in [0.3, 0.4) is 0 Å². The Balaban J connectivity index is 1.47. The smallest absolute Gasteiger partial charge is 0.319 e. The van der Waals surface area contributed by atoms with Gasteiger partial charge < -0.3 is 25.0 Å². The molecule has 0 spiro atoms. The van der Waals surface area contributed by atoms with Gasteiger partial charge in [0.25, 0.3) is 5.91 Å². The van der Waals surface area contributed by atoms with E-state index in [2.05, 4.69) is 15.5 Å². The van der Waals surface area contributed by atoms with E-state index in [4.69, 9.17) is 9.47 Å². The maximum Gasteiger partial charge on any atom is 0.319 e. The highest BCUT2D eigenvalue weighted by molar-refractivity contribution is 6.03. The van der Waals surface area contributed by atoms with Crippen LogP contribution >= 0.6 is 0 Å². The number of methoxy groups -OCH3 is 1. The highest BCUT2D eigenvalue weighted by atomic mass is 16.5. The summed E-state index contributed by atoms with van der Waals surface area (Å²) in [6.45, 7) is 5.03. The molecule has 31 heavy (non-hydrogen) atoms. The van der Waals surface area contributed by atoms with E-state index in [1.54, 1.807) is 7.11 Å². The first-order chi connectivity index (χ1) is 15.2. The van der Waals surface area contributed by atoms with E-state index in [1.807, 2.05) is 41.3 Å². The van der Waals surface area contributed by atoms with E-state index >= 15 is 0 Å². The molecule has 2 aromatic rings. The lowest BCUT2D eigenvalue weighted by Gasteiger charge is -2.29. The van der Waals surface area contributed by atoms with Crippen LogP contribution in [0.5, 0.6) is 5.75 Å². The number of hydrogen-bond acceptors (Lipinski definition) is 5. The lowest BCUT2D eigenvalue weighted by atomic mass is 9.91. The fourth-order valence-electron chi connectivity index (χ4n) is 4.66. The summed E-state index contributed by atoms with van der Waals surface area (Å²) < 4.78 is 11.0. The molecule has 0 radical (unpaired) electrons. The van der Waals surface area contributed by atoms with E-state index in [9.17, 15) is 9.59 Å². The number of nitrogens with zero attached hydrogens (tertiary/aromatic N) is 2. The van der Waals surface area contributed by atoms with Crippen LogP contribution in [-0.4, -0.2) is 74.8 Å². The molecule has 3 amide bonds. The quantitative estimate of drug-likeness (QED) is 0.765. The summed E-state index contributed by atoms with van der Waals surface area (Å²) in [5, 5.41) is 7.81. The van der Waals surface area contributed by atoms with E-state index in [0.717, 1.165) is 49.2 Å². The van der Waals surface area contributed by atoms with Crippen LogP contribution in [0.25, 0.3) is 10.8 Å². The zero-order valence-corrected chi connectivity index (χ0v) is 17.5. The molecule has 2 aromatic carbocycles. The molecule has 1 fully saturated rings. The number of nitrogens with one attached hydrogen (secondary N) is 2. The number of carbonyl (C=O) groups is 2. The number of amides is 3. The zero-order valence-electron chi connectivity index (χ0n) is 17.5. The third kappa shape index (κ3) is 3.62. The highest BCUT2D eigenvalue weighted by Crippen LogP contribution is 2.40. The third-order valence-corrected chi connectivity index (χ3v) is 6.25. The molecule has 3 aliphatic rings. The molecule has 0 bridgehead atoms. The largest absolute Gasteiger partial charge is 0.496 e. The summed E-state index contributed by atoms with van der Waals surface area (Å²) in [4.78, 5) is 30.0. The van der Waals surface area contributed by atoms with Crippen molar-refractivity contribution < 1.29 is 19.1 Å². The molecule has 0 aromatic heterocycles. The van der Waals surface area contributed by atoms with E-state index < -0.39 is 6.04 Å². The summed E-state index contributed by atoms with van der Waals surface area (Å²) in [5.41, 5.74) is 2.08. The summed E-state index contributed by atoms with van der Waals surface area (Å²) in [5.74, 6) is 0.605. The number of urea groups is 1. The number of fused-ring (bicyclic) bond motifs is 1. The monoisotopic (exact) mass is 422 g/mol. The summed E-state index contributed by atoms with van der Waals surface area (Å²) >= 11 is 0. The molecule has 3 aliphatic heterocycles. The van der Waals surface area contributed by atoms with Crippen molar-refractivity contribution in [2.24, 2.45) is 0 Å². The first-order valence-corrected chi connectivity index (χ1v) is 10.6. The Labute approximate surface area is 180 Å². The van der Waals surface area contributed by atoms with Crippen LogP contribution in [-0.2, 0) is 9.53 Å². The molecule has 5 rings (SSSR count). The molecule has 8 nitrogen and oxygen atoms in total. The first kappa shape index (κ1) is 19.8. The van der Waals surface area contributed by atoms with Crippen molar-refractivity contribution >= 4 is 22.7 Å². The SMILES string of the molecule is COc1ccc2ccccc2c1[C@H]1NC(=O)NC2=C1C(=O)N(CCN1CCOCC1)C2. The fraction of sp³-hybridized carbons (Fsp3) is 0.391. The number of benzene rings is 2. The van der Waals surface area contributed by atoms with Crippen molar-refractivity contribution in [1.29, 1.82) is 0 Å². The van der Waals surface area contributed by atoms with Crippen molar-refractivity contribution in [3.63, 3.8) is 0 Å². The number of morpholine rings is 1. The second-order valence-electron chi connectivity index (χ2n) is 8.01. The maximum absolute atomic E-state index is 13.4. The molecular formula is C23H26N4O4. The fourth-order valence-corrected chi connectivity index (χ4v) is 4.66. The van der Waals surface area contributed by atoms with Crippen molar-refractivity contribution in [1.82, 2.24) is 20.4 Å². The molecule has 162 valence electrons. The molecular weight excluding hydrogens is 396 g/mol. The van der Waals surface area contributed by atoms with Crippen molar-refractivity contribution in [3.8, 4) is 5.75 Å². The molecule has 0 unspecified atom stereocenters. The van der Waals surface area contributed by atoms with Gasteiger partial charge in [-0.05, 0) is 16.8 Å². The second kappa shape index (κ2) is 8.20. The lowest BCUT2D eigenvalue weighted by molar-refractivity contribution is -0.126. The third-order valence-electron chi connectivity index (χ3n) is 6.25. The van der Waals surface area contributed by atoms with Gasteiger partial charge in [-0.1, -0.05) is 30.3 Å². The van der Waals surface area contributed by atoms with Crippen molar-refractivity contribution in [3.05, 3.63) is 53.2 Å². The van der Waals surface area contributed by atoms with Gasteiger partial charge in [0.15, 0.2) is 0 Å². The number of hydrogen-bond donors (Lipinski definition) is 2. The van der Waals surface area contributed by atoms with Gasteiger partial charge in [0.05, 0.1) is 44.2 Å². The first-order valence-electron chi connectivity index (χ1n) is 10.6. The van der Waals surface area contributed by atoms with E-state index in [-0.39, 0.29) is 11.9 Å². The summed E-state index contributed by atoms with van der Waals surface area (Å²) in [6.07, 6.45) is 0. The van der Waals surface area contributed by atoms with Crippen LogP contribution in [0, 0.1) is 0 Å². The molecule has 1 saturated heterocycles. The molecule has 1 atom stereocenters.